The third kappa shape index (κ3) is 2.82. The number of benzene rings is 1. The van der Waals surface area contributed by atoms with Crippen LogP contribution in [0.15, 0.2) is 30.3 Å². The molecule has 1 aliphatic heterocycles. The van der Waals surface area contributed by atoms with Crippen molar-refractivity contribution in [1.82, 2.24) is 4.90 Å². The maximum Gasteiger partial charge on any atom is 0.314 e. The van der Waals surface area contributed by atoms with E-state index >= 15 is 0 Å². The van der Waals surface area contributed by atoms with Crippen molar-refractivity contribution < 1.29 is 4.79 Å². The lowest BCUT2D eigenvalue weighted by Gasteiger charge is -2.38. The first-order valence-corrected chi connectivity index (χ1v) is 6.51. The highest BCUT2D eigenvalue weighted by atomic mass is 16.2. The van der Waals surface area contributed by atoms with E-state index in [2.05, 4.69) is 12.1 Å². The Morgan fingerprint density at radius 1 is 1.33 bits per heavy atom. The van der Waals surface area contributed by atoms with E-state index in [0.717, 1.165) is 19.4 Å². The molecule has 1 aromatic carbocycles. The molecule has 98 valence electrons. The number of urea groups is 1. The summed E-state index contributed by atoms with van der Waals surface area (Å²) in [6.07, 6.45) is 1.99. The van der Waals surface area contributed by atoms with E-state index in [9.17, 15) is 4.79 Å². The minimum Gasteiger partial charge on any atom is -0.351 e. The number of nitrogens with two attached hydrogens (primary N) is 2. The van der Waals surface area contributed by atoms with Gasteiger partial charge in [0.1, 0.15) is 0 Å². The zero-order chi connectivity index (χ0) is 13.0. The topological polar surface area (TPSA) is 72.3 Å². The normalized spacial score (nSPS) is 23.9. The average molecular weight is 247 g/mol. The smallest absolute Gasteiger partial charge is 0.314 e. The van der Waals surface area contributed by atoms with Gasteiger partial charge in [-0.1, -0.05) is 30.3 Å². The first kappa shape index (κ1) is 12.9. The molecule has 2 rings (SSSR count). The van der Waals surface area contributed by atoms with Crippen molar-refractivity contribution in [3.05, 3.63) is 35.9 Å². The second-order valence-electron chi connectivity index (χ2n) is 4.93. The van der Waals surface area contributed by atoms with Crippen LogP contribution in [0.1, 0.15) is 24.3 Å². The molecule has 0 spiro atoms. The zero-order valence-corrected chi connectivity index (χ0v) is 10.6. The van der Waals surface area contributed by atoms with E-state index in [0.29, 0.717) is 24.9 Å². The molecule has 2 amide bonds. The Hall–Kier alpha value is -1.55. The minimum atomic E-state index is -0.317. The molecular formula is C14H21N3O. The Morgan fingerprint density at radius 3 is 2.67 bits per heavy atom. The number of primary amides is 1. The van der Waals surface area contributed by atoms with Gasteiger partial charge < -0.3 is 16.4 Å². The highest BCUT2D eigenvalue weighted by molar-refractivity contribution is 5.72. The number of piperidine rings is 1. The molecule has 2 unspecified atom stereocenters. The fourth-order valence-electron chi connectivity index (χ4n) is 2.84. The number of likely N-dealkylation sites (tertiary alicyclic amines) is 1. The molecule has 1 aliphatic rings. The van der Waals surface area contributed by atoms with Crippen LogP contribution in [0, 0.1) is 5.92 Å². The number of amides is 2. The summed E-state index contributed by atoms with van der Waals surface area (Å²) in [5.74, 6) is 0.906. The van der Waals surface area contributed by atoms with Crippen molar-refractivity contribution >= 4 is 6.03 Å². The van der Waals surface area contributed by atoms with Crippen LogP contribution < -0.4 is 11.5 Å². The predicted molar refractivity (Wildman–Crippen MR) is 72.1 cm³/mol. The van der Waals surface area contributed by atoms with Gasteiger partial charge >= 0.3 is 6.03 Å². The lowest BCUT2D eigenvalue weighted by Crippen LogP contribution is -2.45. The van der Waals surface area contributed by atoms with Crippen LogP contribution in [0.3, 0.4) is 0 Å². The van der Waals surface area contributed by atoms with Crippen molar-refractivity contribution in [3.63, 3.8) is 0 Å². The lowest BCUT2D eigenvalue weighted by atomic mass is 9.79. The van der Waals surface area contributed by atoms with Crippen LogP contribution in [-0.2, 0) is 0 Å². The fraction of sp³-hybridized carbons (Fsp3) is 0.500. The van der Waals surface area contributed by atoms with Crippen molar-refractivity contribution in [2.75, 3.05) is 19.6 Å². The van der Waals surface area contributed by atoms with E-state index < -0.39 is 0 Å². The van der Waals surface area contributed by atoms with Crippen LogP contribution in [0.2, 0.25) is 0 Å². The van der Waals surface area contributed by atoms with E-state index in [1.807, 2.05) is 18.2 Å². The summed E-state index contributed by atoms with van der Waals surface area (Å²) < 4.78 is 0. The second kappa shape index (κ2) is 5.87. The molecular weight excluding hydrogens is 226 g/mol. The van der Waals surface area contributed by atoms with Crippen LogP contribution in [-0.4, -0.2) is 30.6 Å². The number of hydrogen-bond acceptors (Lipinski definition) is 2. The molecule has 4 N–H and O–H groups in total. The van der Waals surface area contributed by atoms with E-state index in [4.69, 9.17) is 11.5 Å². The number of hydrogen-bond donors (Lipinski definition) is 2. The first-order chi connectivity index (χ1) is 8.72. The SMILES string of the molecule is NCCC1CCN(C(N)=O)CC1c1ccccc1. The third-order valence-corrected chi connectivity index (χ3v) is 3.83. The number of nitrogens with zero attached hydrogens (tertiary/aromatic N) is 1. The molecule has 1 saturated heterocycles. The third-order valence-electron chi connectivity index (χ3n) is 3.83. The summed E-state index contributed by atoms with van der Waals surface area (Å²) in [6, 6.07) is 10.0. The summed E-state index contributed by atoms with van der Waals surface area (Å²) >= 11 is 0. The molecule has 0 saturated carbocycles. The fourth-order valence-corrected chi connectivity index (χ4v) is 2.84. The number of carbonyl (C=O) groups is 1. The van der Waals surface area contributed by atoms with Crippen LogP contribution in [0.4, 0.5) is 4.79 Å². The molecule has 1 fully saturated rings. The second-order valence-corrected chi connectivity index (χ2v) is 4.93. The molecule has 4 heteroatoms. The molecule has 4 nitrogen and oxygen atoms in total. The Balaban J connectivity index is 2.17. The van der Waals surface area contributed by atoms with E-state index in [-0.39, 0.29) is 6.03 Å². The van der Waals surface area contributed by atoms with Gasteiger partial charge in [0, 0.05) is 19.0 Å². The molecule has 0 bridgehead atoms. The van der Waals surface area contributed by atoms with Gasteiger partial charge in [0.15, 0.2) is 0 Å². The Labute approximate surface area is 108 Å². The van der Waals surface area contributed by atoms with Crippen LogP contribution >= 0.6 is 0 Å². The minimum absolute atomic E-state index is 0.317. The molecule has 0 radical (unpaired) electrons. The summed E-state index contributed by atoms with van der Waals surface area (Å²) in [4.78, 5) is 13.1. The highest BCUT2D eigenvalue weighted by Gasteiger charge is 2.31. The van der Waals surface area contributed by atoms with Gasteiger partial charge in [0.25, 0.3) is 0 Å². The van der Waals surface area contributed by atoms with Crippen molar-refractivity contribution in [1.29, 1.82) is 0 Å². The largest absolute Gasteiger partial charge is 0.351 e. The standard InChI is InChI=1S/C14H21N3O/c15-8-6-12-7-9-17(14(16)18)10-13(12)11-4-2-1-3-5-11/h1-5,12-13H,6-10,15H2,(H2,16,18). The van der Waals surface area contributed by atoms with Crippen molar-refractivity contribution in [2.45, 2.75) is 18.8 Å². The van der Waals surface area contributed by atoms with Crippen LogP contribution in [0.5, 0.6) is 0 Å². The Bertz CT molecular complexity index is 393. The molecule has 0 aromatic heterocycles. The van der Waals surface area contributed by atoms with Gasteiger partial charge in [-0.3, -0.25) is 0 Å². The monoisotopic (exact) mass is 247 g/mol. The van der Waals surface area contributed by atoms with Gasteiger partial charge in [-0.25, -0.2) is 4.79 Å². The summed E-state index contributed by atoms with van der Waals surface area (Å²) in [5.41, 5.74) is 12.4. The number of rotatable bonds is 3. The molecule has 2 atom stereocenters. The predicted octanol–water partition coefficient (Wildman–Crippen LogP) is 1.52. The maximum absolute atomic E-state index is 11.3. The van der Waals surface area contributed by atoms with Gasteiger partial charge in [-0.15, -0.1) is 0 Å². The van der Waals surface area contributed by atoms with Crippen LogP contribution in [0.25, 0.3) is 0 Å². The highest BCUT2D eigenvalue weighted by Crippen LogP contribution is 2.34. The van der Waals surface area contributed by atoms with Gasteiger partial charge in [-0.05, 0) is 30.9 Å². The summed E-state index contributed by atoms with van der Waals surface area (Å²) in [7, 11) is 0. The number of carbonyl (C=O) groups excluding carboxylic acids is 1. The van der Waals surface area contributed by atoms with Gasteiger partial charge in [0.2, 0.25) is 0 Å². The van der Waals surface area contributed by atoms with Crippen molar-refractivity contribution in [2.24, 2.45) is 17.4 Å². The van der Waals surface area contributed by atoms with Gasteiger partial charge in [0.05, 0.1) is 0 Å². The zero-order valence-electron chi connectivity index (χ0n) is 10.6. The first-order valence-electron chi connectivity index (χ1n) is 6.51. The average Bonchev–Trinajstić information content (AvgIpc) is 2.40. The lowest BCUT2D eigenvalue weighted by molar-refractivity contribution is 0.162. The Kier molecular flexibility index (Phi) is 4.20. The van der Waals surface area contributed by atoms with Crippen molar-refractivity contribution in [3.8, 4) is 0 Å². The summed E-state index contributed by atoms with van der Waals surface area (Å²) in [5, 5.41) is 0. The molecule has 0 aliphatic carbocycles. The molecule has 1 heterocycles. The molecule has 18 heavy (non-hydrogen) atoms. The quantitative estimate of drug-likeness (QED) is 0.850. The molecule has 1 aromatic rings. The van der Waals surface area contributed by atoms with E-state index in [1.165, 1.54) is 5.56 Å². The van der Waals surface area contributed by atoms with Gasteiger partial charge in [-0.2, -0.15) is 0 Å². The summed E-state index contributed by atoms with van der Waals surface area (Å²) in [6.45, 7) is 2.16. The van der Waals surface area contributed by atoms with E-state index in [1.54, 1.807) is 4.90 Å². The Morgan fingerprint density at radius 2 is 2.06 bits per heavy atom. The maximum atomic E-state index is 11.3.